The summed E-state index contributed by atoms with van der Waals surface area (Å²) < 4.78 is 0. The summed E-state index contributed by atoms with van der Waals surface area (Å²) in [6.45, 7) is 2.13. The number of hydrogen-bond acceptors (Lipinski definition) is 2. The van der Waals surface area contributed by atoms with E-state index in [1.807, 2.05) is 54.6 Å². The highest BCUT2D eigenvalue weighted by molar-refractivity contribution is 6.00. The summed E-state index contributed by atoms with van der Waals surface area (Å²) in [6.07, 6.45) is 2.58. The zero-order chi connectivity index (χ0) is 16.7. The molecule has 0 spiro atoms. The van der Waals surface area contributed by atoms with Crippen LogP contribution in [0.1, 0.15) is 42.1 Å². The smallest absolute Gasteiger partial charge is 0.227 e. The molecule has 0 fully saturated rings. The van der Waals surface area contributed by atoms with Gasteiger partial charge in [0.15, 0.2) is 5.78 Å². The van der Waals surface area contributed by atoms with Crippen LogP contribution < -0.4 is 4.90 Å². The van der Waals surface area contributed by atoms with Crippen molar-refractivity contribution in [1.29, 1.82) is 0 Å². The van der Waals surface area contributed by atoms with Crippen LogP contribution in [-0.2, 0) is 11.2 Å². The first-order valence-electron chi connectivity index (χ1n) is 8.05. The van der Waals surface area contributed by atoms with Gasteiger partial charge in [-0.2, -0.15) is 0 Å². The molecule has 0 radical (unpaired) electrons. The molecule has 0 saturated heterocycles. The molecule has 0 aliphatic rings. The highest BCUT2D eigenvalue weighted by atomic mass is 16.2. The lowest BCUT2D eigenvalue weighted by Gasteiger charge is -2.16. The molecule has 3 nitrogen and oxygen atoms in total. The fraction of sp³-hybridized carbons (Fsp3) is 0.300. The number of anilines is 1. The number of Topliss-reactive ketones (excluding diaryl/α,β-unsaturated/α-hetero) is 1. The van der Waals surface area contributed by atoms with Gasteiger partial charge in [-0.25, -0.2) is 0 Å². The van der Waals surface area contributed by atoms with E-state index >= 15 is 0 Å². The van der Waals surface area contributed by atoms with Gasteiger partial charge >= 0.3 is 0 Å². The van der Waals surface area contributed by atoms with Crippen molar-refractivity contribution in [2.75, 3.05) is 11.9 Å². The molecule has 0 aromatic heterocycles. The van der Waals surface area contributed by atoms with Crippen LogP contribution in [0, 0.1) is 0 Å². The normalized spacial score (nSPS) is 10.3. The number of ketones is 1. The van der Waals surface area contributed by atoms with E-state index in [4.69, 9.17) is 0 Å². The van der Waals surface area contributed by atoms with E-state index in [0.29, 0.717) is 5.56 Å². The van der Waals surface area contributed by atoms with E-state index in [2.05, 4.69) is 6.92 Å². The molecule has 0 aliphatic heterocycles. The molecular formula is C20H23NO2. The Morgan fingerprint density at radius 1 is 0.913 bits per heavy atom. The molecule has 1 amide bonds. The minimum absolute atomic E-state index is 0.0165. The van der Waals surface area contributed by atoms with Gasteiger partial charge in [-0.1, -0.05) is 55.8 Å². The van der Waals surface area contributed by atoms with Crippen molar-refractivity contribution in [2.24, 2.45) is 0 Å². The molecule has 0 unspecified atom stereocenters. The van der Waals surface area contributed by atoms with Crippen molar-refractivity contribution in [3.63, 3.8) is 0 Å². The third-order valence-electron chi connectivity index (χ3n) is 3.90. The Bertz CT molecular complexity index is 647. The molecule has 2 aromatic rings. The minimum Gasteiger partial charge on any atom is -0.315 e. The van der Waals surface area contributed by atoms with Gasteiger partial charge in [-0.15, -0.1) is 0 Å². The van der Waals surface area contributed by atoms with Crippen LogP contribution in [0.25, 0.3) is 0 Å². The third kappa shape index (κ3) is 4.78. The van der Waals surface area contributed by atoms with Gasteiger partial charge in [0.1, 0.15) is 0 Å². The minimum atomic E-state index is -0.0489. The summed E-state index contributed by atoms with van der Waals surface area (Å²) in [7, 11) is 1.74. The number of para-hydroxylation sites is 1. The first-order chi connectivity index (χ1) is 11.1. The maximum atomic E-state index is 12.2. The molecule has 0 aliphatic carbocycles. The molecule has 23 heavy (non-hydrogen) atoms. The zero-order valence-corrected chi connectivity index (χ0v) is 13.8. The van der Waals surface area contributed by atoms with Crippen molar-refractivity contribution in [1.82, 2.24) is 0 Å². The van der Waals surface area contributed by atoms with Gasteiger partial charge < -0.3 is 4.90 Å². The number of aryl methyl sites for hydroxylation is 1. The van der Waals surface area contributed by atoms with Gasteiger partial charge in [0.2, 0.25) is 5.91 Å². The Balaban J connectivity index is 1.89. The molecule has 0 heterocycles. The van der Waals surface area contributed by atoms with Gasteiger partial charge in [0, 0.05) is 31.1 Å². The van der Waals surface area contributed by atoms with E-state index in [1.54, 1.807) is 11.9 Å². The van der Waals surface area contributed by atoms with E-state index in [9.17, 15) is 9.59 Å². The molecule has 3 heteroatoms. The number of hydrogen-bond donors (Lipinski definition) is 0. The Hall–Kier alpha value is -2.42. The second-order valence-electron chi connectivity index (χ2n) is 5.66. The van der Waals surface area contributed by atoms with Crippen LogP contribution in [-0.4, -0.2) is 18.7 Å². The summed E-state index contributed by atoms with van der Waals surface area (Å²) in [5.41, 5.74) is 2.76. The highest BCUT2D eigenvalue weighted by Gasteiger charge is 2.13. The van der Waals surface area contributed by atoms with Crippen molar-refractivity contribution >= 4 is 17.4 Å². The summed E-state index contributed by atoms with van der Waals surface area (Å²) >= 11 is 0. The van der Waals surface area contributed by atoms with Gasteiger partial charge in [0.05, 0.1) is 0 Å². The molecule has 0 saturated carbocycles. The Kier molecular flexibility index (Phi) is 6.10. The topological polar surface area (TPSA) is 37.4 Å². The second-order valence-corrected chi connectivity index (χ2v) is 5.66. The van der Waals surface area contributed by atoms with Crippen molar-refractivity contribution in [3.05, 3.63) is 65.7 Å². The van der Waals surface area contributed by atoms with E-state index < -0.39 is 0 Å². The van der Waals surface area contributed by atoms with Crippen LogP contribution >= 0.6 is 0 Å². The summed E-state index contributed by atoms with van der Waals surface area (Å²) in [6, 6.07) is 17.2. The summed E-state index contributed by atoms with van der Waals surface area (Å²) in [5, 5.41) is 0. The van der Waals surface area contributed by atoms with Gasteiger partial charge in [-0.05, 0) is 24.1 Å². The van der Waals surface area contributed by atoms with Gasteiger partial charge in [0.25, 0.3) is 0 Å². The summed E-state index contributed by atoms with van der Waals surface area (Å²) in [4.78, 5) is 26.0. The zero-order valence-electron chi connectivity index (χ0n) is 13.8. The largest absolute Gasteiger partial charge is 0.315 e. The van der Waals surface area contributed by atoms with Crippen LogP contribution in [0.2, 0.25) is 0 Å². The molecular weight excluding hydrogens is 286 g/mol. The number of carbonyl (C=O) groups is 2. The Morgan fingerprint density at radius 3 is 2.17 bits per heavy atom. The molecule has 2 aromatic carbocycles. The number of amides is 1. The third-order valence-corrected chi connectivity index (χ3v) is 3.90. The van der Waals surface area contributed by atoms with Crippen LogP contribution in [0.5, 0.6) is 0 Å². The predicted octanol–water partition coefficient (Wildman–Crippen LogP) is 4.27. The average molecular weight is 309 g/mol. The van der Waals surface area contributed by atoms with Crippen LogP contribution in [0.3, 0.4) is 0 Å². The number of benzene rings is 2. The number of rotatable bonds is 7. The first-order valence-corrected chi connectivity index (χ1v) is 8.05. The van der Waals surface area contributed by atoms with E-state index in [1.165, 1.54) is 5.56 Å². The fourth-order valence-corrected chi connectivity index (χ4v) is 2.47. The van der Waals surface area contributed by atoms with Crippen molar-refractivity contribution in [3.8, 4) is 0 Å². The van der Waals surface area contributed by atoms with Crippen LogP contribution in [0.4, 0.5) is 5.69 Å². The van der Waals surface area contributed by atoms with E-state index in [-0.39, 0.29) is 24.5 Å². The highest BCUT2D eigenvalue weighted by Crippen LogP contribution is 2.14. The quantitative estimate of drug-likeness (QED) is 0.716. The average Bonchev–Trinajstić information content (AvgIpc) is 2.60. The lowest BCUT2D eigenvalue weighted by molar-refractivity contribution is -0.118. The number of nitrogens with zero attached hydrogens (tertiary/aromatic N) is 1. The molecule has 120 valence electrons. The predicted molar refractivity (Wildman–Crippen MR) is 93.9 cm³/mol. The van der Waals surface area contributed by atoms with E-state index in [0.717, 1.165) is 18.5 Å². The Morgan fingerprint density at radius 2 is 1.57 bits per heavy atom. The monoisotopic (exact) mass is 309 g/mol. The van der Waals surface area contributed by atoms with Crippen molar-refractivity contribution in [2.45, 2.75) is 32.6 Å². The standard InChI is InChI=1S/C20H23NO2/c1-3-7-16-10-12-17(13-11-16)19(22)14-15-20(23)21(2)18-8-5-4-6-9-18/h4-6,8-13H,3,7,14-15H2,1-2H3. The molecule has 0 bridgehead atoms. The maximum absolute atomic E-state index is 12.2. The van der Waals surface area contributed by atoms with Crippen LogP contribution in [0.15, 0.2) is 54.6 Å². The van der Waals surface area contributed by atoms with Gasteiger partial charge in [-0.3, -0.25) is 9.59 Å². The second kappa shape index (κ2) is 8.28. The first kappa shape index (κ1) is 16.9. The maximum Gasteiger partial charge on any atom is 0.227 e. The molecule has 0 atom stereocenters. The number of carbonyl (C=O) groups excluding carboxylic acids is 2. The fourth-order valence-electron chi connectivity index (χ4n) is 2.47. The molecule has 0 N–H and O–H groups in total. The Labute approximate surface area is 137 Å². The van der Waals surface area contributed by atoms with Crippen molar-refractivity contribution < 1.29 is 9.59 Å². The summed E-state index contributed by atoms with van der Waals surface area (Å²) in [5.74, 6) is -0.0324. The lowest BCUT2D eigenvalue weighted by Crippen LogP contribution is -2.26. The SMILES string of the molecule is CCCc1ccc(C(=O)CCC(=O)N(C)c2ccccc2)cc1. The molecule has 2 rings (SSSR count). The lowest BCUT2D eigenvalue weighted by atomic mass is 10.0.